The molecule has 0 bridgehead atoms. The fraction of sp³-hybridized carbons (Fsp3) is 0.0667. The first-order valence-electron chi connectivity index (χ1n) is 12.0. The maximum atomic E-state index is 13.4. The maximum absolute atomic E-state index is 13.4. The predicted molar refractivity (Wildman–Crippen MR) is 146 cm³/mol. The minimum absolute atomic E-state index is 0.0261. The van der Waals surface area contributed by atoms with Gasteiger partial charge in [0.15, 0.2) is 0 Å². The molecule has 0 spiro atoms. The van der Waals surface area contributed by atoms with Crippen molar-refractivity contribution in [1.82, 2.24) is 0 Å². The van der Waals surface area contributed by atoms with Gasteiger partial charge in [-0.1, -0.05) is 36.4 Å². The molecule has 0 unspecified atom stereocenters. The number of benzene rings is 4. The van der Waals surface area contributed by atoms with Gasteiger partial charge in [0.2, 0.25) is 19.7 Å². The van der Waals surface area contributed by atoms with Gasteiger partial charge in [0.05, 0.1) is 9.79 Å². The van der Waals surface area contributed by atoms with Crippen LogP contribution in [0.1, 0.15) is 11.5 Å². The van der Waals surface area contributed by atoms with Gasteiger partial charge in [-0.05, 0) is 74.5 Å². The Balaban J connectivity index is 0.000000161. The van der Waals surface area contributed by atoms with E-state index >= 15 is 0 Å². The molecule has 4 aromatic carbocycles. The highest BCUT2D eigenvalue weighted by Crippen LogP contribution is 2.35. The van der Waals surface area contributed by atoms with E-state index in [1.807, 2.05) is 0 Å². The molecule has 0 N–H and O–H groups in total. The van der Waals surface area contributed by atoms with Crippen LogP contribution in [-0.4, -0.2) is 16.8 Å². The standard InChI is InChI=1S/2C15H11FO3S/c2*1-10-15(13-9-11(16)7-8-14(13)19-10)20(17,18)12-5-3-2-4-6-12/h2*2-9H,1H3. The highest BCUT2D eigenvalue weighted by Gasteiger charge is 2.27. The van der Waals surface area contributed by atoms with Crippen LogP contribution in [0.25, 0.3) is 21.9 Å². The lowest BCUT2D eigenvalue weighted by Gasteiger charge is -2.03. The molecular weight excluding hydrogens is 558 g/mol. The van der Waals surface area contributed by atoms with E-state index in [9.17, 15) is 25.6 Å². The minimum atomic E-state index is -3.73. The van der Waals surface area contributed by atoms with Gasteiger partial charge in [-0.3, -0.25) is 0 Å². The number of sulfone groups is 2. The number of fused-ring (bicyclic) bond motifs is 2. The van der Waals surface area contributed by atoms with Crippen LogP contribution in [0.5, 0.6) is 0 Å². The Morgan fingerprint density at radius 1 is 0.525 bits per heavy atom. The topological polar surface area (TPSA) is 94.6 Å². The molecule has 0 aliphatic carbocycles. The Hall–Kier alpha value is -4.28. The molecule has 0 aliphatic heterocycles. The van der Waals surface area contributed by atoms with Crippen LogP contribution in [0, 0.1) is 25.5 Å². The van der Waals surface area contributed by atoms with Crippen LogP contribution in [0.4, 0.5) is 8.78 Å². The van der Waals surface area contributed by atoms with Crippen molar-refractivity contribution in [3.8, 4) is 0 Å². The first kappa shape index (κ1) is 27.3. The van der Waals surface area contributed by atoms with Gasteiger partial charge in [0, 0.05) is 10.8 Å². The Labute approximate surface area is 229 Å². The summed E-state index contributed by atoms with van der Waals surface area (Å²) in [5.74, 6) is -0.477. The van der Waals surface area contributed by atoms with Crippen LogP contribution in [0.15, 0.2) is 125 Å². The average molecular weight is 581 g/mol. The third-order valence-electron chi connectivity index (χ3n) is 6.18. The van der Waals surface area contributed by atoms with Crippen LogP contribution in [0.2, 0.25) is 0 Å². The Kier molecular flexibility index (Phi) is 7.07. The number of hydrogen-bond acceptors (Lipinski definition) is 6. The molecule has 0 amide bonds. The molecule has 0 atom stereocenters. The quantitative estimate of drug-likeness (QED) is 0.215. The summed E-state index contributed by atoms with van der Waals surface area (Å²) < 4.78 is 88.2. The number of rotatable bonds is 4. The van der Waals surface area contributed by atoms with Gasteiger partial charge in [0.25, 0.3) is 0 Å². The number of furan rings is 2. The second kappa shape index (κ2) is 10.4. The normalized spacial score (nSPS) is 11.9. The van der Waals surface area contributed by atoms with Crippen molar-refractivity contribution in [2.45, 2.75) is 33.4 Å². The zero-order valence-corrected chi connectivity index (χ0v) is 22.9. The lowest BCUT2D eigenvalue weighted by atomic mass is 10.2. The van der Waals surface area contributed by atoms with Gasteiger partial charge < -0.3 is 8.83 Å². The summed E-state index contributed by atoms with van der Waals surface area (Å²) in [5, 5.41) is 0.540. The lowest BCUT2D eigenvalue weighted by Crippen LogP contribution is -2.02. The van der Waals surface area contributed by atoms with E-state index in [0.717, 1.165) is 0 Å². The first-order chi connectivity index (χ1) is 19.0. The van der Waals surface area contributed by atoms with E-state index < -0.39 is 31.3 Å². The zero-order valence-electron chi connectivity index (χ0n) is 21.3. The molecule has 204 valence electrons. The van der Waals surface area contributed by atoms with E-state index in [0.29, 0.717) is 11.2 Å². The van der Waals surface area contributed by atoms with Crippen molar-refractivity contribution < 1.29 is 34.5 Å². The van der Waals surface area contributed by atoms with Gasteiger partial charge in [-0.25, -0.2) is 25.6 Å². The molecule has 0 aliphatic rings. The molecule has 0 radical (unpaired) electrons. The molecule has 10 heteroatoms. The highest BCUT2D eigenvalue weighted by molar-refractivity contribution is 7.92. The maximum Gasteiger partial charge on any atom is 0.210 e. The summed E-state index contributed by atoms with van der Waals surface area (Å²) in [6.45, 7) is 3.13. The molecule has 0 fully saturated rings. The van der Waals surface area contributed by atoms with Crippen molar-refractivity contribution >= 4 is 41.6 Å². The monoisotopic (exact) mass is 580 g/mol. The summed E-state index contributed by atoms with van der Waals surface area (Å²) in [4.78, 5) is 0.376. The average Bonchev–Trinajstić information content (AvgIpc) is 3.45. The summed E-state index contributed by atoms with van der Waals surface area (Å²) in [6, 6.07) is 23.8. The van der Waals surface area contributed by atoms with E-state index in [2.05, 4.69) is 0 Å². The van der Waals surface area contributed by atoms with Crippen molar-refractivity contribution in [3.05, 3.63) is 120 Å². The Morgan fingerprint density at radius 3 is 1.23 bits per heavy atom. The summed E-state index contributed by atoms with van der Waals surface area (Å²) in [7, 11) is -7.46. The van der Waals surface area contributed by atoms with E-state index in [-0.39, 0.29) is 41.9 Å². The number of hydrogen-bond donors (Lipinski definition) is 0. The van der Waals surface area contributed by atoms with Crippen molar-refractivity contribution in [1.29, 1.82) is 0 Å². The van der Waals surface area contributed by atoms with Crippen molar-refractivity contribution in [2.75, 3.05) is 0 Å². The van der Waals surface area contributed by atoms with Crippen LogP contribution in [-0.2, 0) is 19.7 Å². The minimum Gasteiger partial charge on any atom is -0.460 e. The fourth-order valence-corrected chi connectivity index (χ4v) is 7.68. The van der Waals surface area contributed by atoms with E-state index in [1.165, 1.54) is 60.7 Å². The first-order valence-corrected chi connectivity index (χ1v) is 14.9. The smallest absolute Gasteiger partial charge is 0.210 e. The second-order valence-corrected chi connectivity index (χ2v) is 12.7. The molecule has 2 heterocycles. The molecule has 0 saturated heterocycles. The van der Waals surface area contributed by atoms with Gasteiger partial charge in [-0.2, -0.15) is 0 Å². The van der Waals surface area contributed by atoms with Gasteiger partial charge in [0.1, 0.15) is 44.1 Å². The molecule has 6 nitrogen and oxygen atoms in total. The highest BCUT2D eigenvalue weighted by atomic mass is 32.2. The number of halogens is 2. The zero-order chi connectivity index (χ0) is 28.7. The summed E-state index contributed by atoms with van der Waals surface area (Å²) >= 11 is 0. The SMILES string of the molecule is Cc1oc2ccc(F)cc2c1S(=O)(=O)c1ccccc1.Cc1oc2ccc(F)cc2c1S(=O)(=O)c1ccccc1. The van der Waals surface area contributed by atoms with Crippen LogP contribution >= 0.6 is 0 Å². The summed E-state index contributed by atoms with van der Waals surface area (Å²) in [5.41, 5.74) is 0.719. The Morgan fingerprint density at radius 2 is 0.875 bits per heavy atom. The lowest BCUT2D eigenvalue weighted by molar-refractivity contribution is 0.556. The van der Waals surface area contributed by atoms with Gasteiger partial charge in [-0.15, -0.1) is 0 Å². The second-order valence-electron chi connectivity index (χ2n) is 8.89. The van der Waals surface area contributed by atoms with Crippen LogP contribution < -0.4 is 0 Å². The predicted octanol–water partition coefficient (Wildman–Crippen LogP) is 7.43. The van der Waals surface area contributed by atoms with Crippen molar-refractivity contribution in [2.24, 2.45) is 0 Å². The molecule has 40 heavy (non-hydrogen) atoms. The number of aryl methyl sites for hydroxylation is 2. The largest absolute Gasteiger partial charge is 0.460 e. The third kappa shape index (κ3) is 4.91. The Bertz CT molecular complexity index is 1910. The molecular formula is C30H22F2O6S2. The van der Waals surface area contributed by atoms with Gasteiger partial charge >= 0.3 is 0 Å². The molecule has 6 rings (SSSR count). The van der Waals surface area contributed by atoms with Crippen molar-refractivity contribution in [3.63, 3.8) is 0 Å². The van der Waals surface area contributed by atoms with Crippen LogP contribution in [0.3, 0.4) is 0 Å². The van der Waals surface area contributed by atoms with E-state index in [4.69, 9.17) is 8.83 Å². The van der Waals surface area contributed by atoms with E-state index in [1.54, 1.807) is 50.2 Å². The summed E-state index contributed by atoms with van der Waals surface area (Å²) in [6.07, 6.45) is 0. The molecule has 0 saturated carbocycles. The fourth-order valence-electron chi connectivity index (χ4n) is 4.44. The molecule has 6 aromatic rings. The third-order valence-corrected chi connectivity index (χ3v) is 10.1. The molecule has 2 aromatic heterocycles.